The molecule has 3 aromatic rings. The molecule has 0 radical (unpaired) electrons. The molecule has 0 spiro atoms. The average molecular weight is 438 g/mol. The van der Waals surface area contributed by atoms with E-state index in [1.54, 1.807) is 17.7 Å². The van der Waals surface area contributed by atoms with Gasteiger partial charge in [0.05, 0.1) is 16.8 Å². The van der Waals surface area contributed by atoms with Gasteiger partial charge in [0.25, 0.3) is 0 Å². The normalized spacial score (nSPS) is 14.6. The van der Waals surface area contributed by atoms with E-state index >= 15 is 0 Å². The van der Waals surface area contributed by atoms with Crippen LogP contribution >= 0.6 is 11.3 Å². The lowest BCUT2D eigenvalue weighted by atomic mass is 9.95. The van der Waals surface area contributed by atoms with E-state index in [1.807, 2.05) is 25.1 Å². The lowest BCUT2D eigenvalue weighted by Gasteiger charge is -2.32. The van der Waals surface area contributed by atoms with E-state index < -0.39 is 0 Å². The van der Waals surface area contributed by atoms with Crippen LogP contribution in [0.3, 0.4) is 0 Å². The quantitative estimate of drug-likeness (QED) is 0.630. The number of nitrogens with zero attached hydrogens (tertiary/aromatic N) is 3. The second kappa shape index (κ2) is 8.63. The molecule has 1 aromatic carbocycles. The number of hydrogen-bond donors (Lipinski definition) is 2. The number of anilines is 3. The van der Waals surface area contributed by atoms with Crippen LogP contribution in [0.5, 0.6) is 0 Å². The molecule has 2 amide bonds. The van der Waals surface area contributed by atoms with Crippen LogP contribution in [-0.4, -0.2) is 34.9 Å². The molecular formula is C23H27N5O2S. The molecule has 0 atom stereocenters. The van der Waals surface area contributed by atoms with Gasteiger partial charge in [-0.1, -0.05) is 6.07 Å². The maximum atomic E-state index is 13.0. The fourth-order valence-electron chi connectivity index (χ4n) is 4.05. The van der Waals surface area contributed by atoms with Crippen LogP contribution < -0.4 is 15.5 Å². The van der Waals surface area contributed by atoms with Crippen molar-refractivity contribution in [2.45, 2.75) is 40.5 Å². The smallest absolute Gasteiger partial charge is 0.227 e. The van der Waals surface area contributed by atoms with E-state index in [0.29, 0.717) is 11.4 Å². The molecular weight excluding hydrogens is 410 g/mol. The van der Waals surface area contributed by atoms with Crippen molar-refractivity contribution < 1.29 is 9.59 Å². The number of hydrogen-bond acceptors (Lipinski definition) is 6. The monoisotopic (exact) mass is 437 g/mol. The van der Waals surface area contributed by atoms with Crippen LogP contribution in [-0.2, 0) is 9.59 Å². The largest absolute Gasteiger partial charge is 0.356 e. The number of carbonyl (C=O) groups excluding carboxylic acids is 2. The Labute approximate surface area is 185 Å². The molecule has 162 valence electrons. The lowest BCUT2D eigenvalue weighted by molar-refractivity contribution is -0.120. The predicted octanol–water partition coefficient (Wildman–Crippen LogP) is 4.43. The third-order valence-electron chi connectivity index (χ3n) is 5.85. The Kier molecular flexibility index (Phi) is 5.91. The molecule has 0 saturated carbocycles. The minimum atomic E-state index is -0.164. The molecule has 7 nitrogen and oxygen atoms in total. The fourth-order valence-corrected chi connectivity index (χ4v) is 5.04. The fraction of sp³-hybridized carbons (Fsp3) is 0.391. The molecule has 1 aliphatic rings. The van der Waals surface area contributed by atoms with Crippen LogP contribution in [0.15, 0.2) is 24.5 Å². The van der Waals surface area contributed by atoms with Gasteiger partial charge in [-0.15, -0.1) is 11.3 Å². The van der Waals surface area contributed by atoms with E-state index in [4.69, 9.17) is 0 Å². The van der Waals surface area contributed by atoms with Gasteiger partial charge in [-0.2, -0.15) is 0 Å². The number of fused-ring (bicyclic) bond motifs is 1. The summed E-state index contributed by atoms with van der Waals surface area (Å²) in [6.45, 7) is 9.19. The zero-order chi connectivity index (χ0) is 22.1. The Hall–Kier alpha value is -3.00. The number of nitrogens with one attached hydrogen (secondary N) is 2. The van der Waals surface area contributed by atoms with Crippen molar-refractivity contribution in [1.29, 1.82) is 0 Å². The van der Waals surface area contributed by atoms with Crippen LogP contribution in [0.25, 0.3) is 10.2 Å². The summed E-state index contributed by atoms with van der Waals surface area (Å²) in [5.41, 5.74) is 3.52. The first-order valence-corrected chi connectivity index (χ1v) is 11.3. The van der Waals surface area contributed by atoms with Crippen LogP contribution in [0.2, 0.25) is 0 Å². The minimum Gasteiger partial charge on any atom is -0.356 e. The molecule has 8 heteroatoms. The zero-order valence-corrected chi connectivity index (χ0v) is 19.1. The third-order valence-corrected chi connectivity index (χ3v) is 6.97. The van der Waals surface area contributed by atoms with E-state index in [0.717, 1.165) is 47.5 Å². The van der Waals surface area contributed by atoms with Gasteiger partial charge in [-0.25, -0.2) is 9.97 Å². The molecule has 1 aliphatic heterocycles. The number of thiophene rings is 1. The van der Waals surface area contributed by atoms with Crippen molar-refractivity contribution in [2.75, 3.05) is 28.6 Å². The van der Waals surface area contributed by atoms with Gasteiger partial charge in [-0.05, 0) is 56.9 Å². The van der Waals surface area contributed by atoms with Gasteiger partial charge in [0.2, 0.25) is 11.8 Å². The molecule has 0 aliphatic carbocycles. The highest BCUT2D eigenvalue weighted by Crippen LogP contribution is 2.36. The molecule has 0 bridgehead atoms. The number of piperidine rings is 1. The predicted molar refractivity (Wildman–Crippen MR) is 126 cm³/mol. The molecule has 1 saturated heterocycles. The molecule has 4 rings (SSSR count). The van der Waals surface area contributed by atoms with Gasteiger partial charge in [0.15, 0.2) is 0 Å². The zero-order valence-electron chi connectivity index (χ0n) is 18.3. The van der Waals surface area contributed by atoms with Gasteiger partial charge < -0.3 is 15.5 Å². The van der Waals surface area contributed by atoms with Crippen molar-refractivity contribution in [2.24, 2.45) is 5.92 Å². The van der Waals surface area contributed by atoms with Crippen molar-refractivity contribution in [3.8, 4) is 0 Å². The first-order valence-electron chi connectivity index (χ1n) is 10.5. The third kappa shape index (κ3) is 4.39. The van der Waals surface area contributed by atoms with Crippen LogP contribution in [0.4, 0.5) is 17.2 Å². The van der Waals surface area contributed by atoms with E-state index in [1.165, 1.54) is 17.4 Å². The average Bonchev–Trinajstić information content (AvgIpc) is 3.04. The molecule has 2 aromatic heterocycles. The van der Waals surface area contributed by atoms with Crippen LogP contribution in [0.1, 0.15) is 35.8 Å². The first kappa shape index (κ1) is 21.2. The second-order valence-electron chi connectivity index (χ2n) is 8.14. The first-order chi connectivity index (χ1) is 14.8. The van der Waals surface area contributed by atoms with Crippen LogP contribution in [0, 0.1) is 26.7 Å². The summed E-state index contributed by atoms with van der Waals surface area (Å²) in [5, 5.41) is 6.95. The van der Waals surface area contributed by atoms with Crippen molar-refractivity contribution in [1.82, 2.24) is 9.97 Å². The lowest BCUT2D eigenvalue weighted by Crippen LogP contribution is -2.38. The minimum absolute atomic E-state index is 0.00718. The van der Waals surface area contributed by atoms with Gasteiger partial charge in [0.1, 0.15) is 17.0 Å². The molecule has 0 unspecified atom stereocenters. The number of amides is 2. The van der Waals surface area contributed by atoms with Crippen molar-refractivity contribution in [3.05, 3.63) is 40.5 Å². The maximum Gasteiger partial charge on any atom is 0.227 e. The number of rotatable bonds is 4. The highest BCUT2D eigenvalue weighted by atomic mass is 32.1. The molecule has 3 heterocycles. The number of aromatic nitrogens is 2. The Morgan fingerprint density at radius 3 is 2.52 bits per heavy atom. The van der Waals surface area contributed by atoms with Crippen molar-refractivity contribution in [3.63, 3.8) is 0 Å². The number of benzene rings is 1. The van der Waals surface area contributed by atoms with Gasteiger partial charge in [-0.3, -0.25) is 9.59 Å². The molecule has 31 heavy (non-hydrogen) atoms. The SMILES string of the molecule is CC(=O)Nc1ccc(C)cc1NC(=O)C1CCN(c2ncnc3sc(C)c(C)c23)CC1. The van der Waals surface area contributed by atoms with Gasteiger partial charge >= 0.3 is 0 Å². The number of aryl methyl sites for hydroxylation is 3. The molecule has 1 fully saturated rings. The van der Waals surface area contributed by atoms with E-state index in [2.05, 4.69) is 39.3 Å². The van der Waals surface area contributed by atoms with Gasteiger partial charge in [0, 0.05) is 30.8 Å². The van der Waals surface area contributed by atoms with Crippen molar-refractivity contribution >= 4 is 50.6 Å². The Balaban J connectivity index is 1.46. The second-order valence-corrected chi connectivity index (χ2v) is 9.34. The summed E-state index contributed by atoms with van der Waals surface area (Å²) < 4.78 is 0. The standard InChI is InChI=1S/C23H27N5O2S/c1-13-5-6-18(26-16(4)29)19(11-13)27-22(30)17-7-9-28(10-8-17)21-20-14(2)15(3)31-23(20)25-12-24-21/h5-6,11-12,17H,7-10H2,1-4H3,(H,26,29)(H,27,30). The Morgan fingerprint density at radius 2 is 1.81 bits per heavy atom. The maximum absolute atomic E-state index is 13.0. The Bertz CT molecular complexity index is 1150. The Morgan fingerprint density at radius 1 is 1.06 bits per heavy atom. The summed E-state index contributed by atoms with van der Waals surface area (Å²) in [7, 11) is 0. The van der Waals surface area contributed by atoms with E-state index in [9.17, 15) is 9.59 Å². The summed E-state index contributed by atoms with van der Waals surface area (Å²) in [5.74, 6) is 0.719. The topological polar surface area (TPSA) is 87.2 Å². The summed E-state index contributed by atoms with van der Waals surface area (Å²) in [6.07, 6.45) is 3.13. The summed E-state index contributed by atoms with van der Waals surface area (Å²) in [4.78, 5) is 38.0. The summed E-state index contributed by atoms with van der Waals surface area (Å²) >= 11 is 1.70. The van der Waals surface area contributed by atoms with E-state index in [-0.39, 0.29) is 17.7 Å². The number of carbonyl (C=O) groups is 2. The highest BCUT2D eigenvalue weighted by molar-refractivity contribution is 7.18. The summed E-state index contributed by atoms with van der Waals surface area (Å²) in [6, 6.07) is 5.62. The highest BCUT2D eigenvalue weighted by Gasteiger charge is 2.28. The molecule has 2 N–H and O–H groups in total.